The number of hydrogen-bond donors (Lipinski definition) is 2. The second kappa shape index (κ2) is 6.28. The highest BCUT2D eigenvalue weighted by molar-refractivity contribution is 5.33. The summed E-state index contributed by atoms with van der Waals surface area (Å²) < 4.78 is 17.6. The van der Waals surface area contributed by atoms with Crippen molar-refractivity contribution < 1.29 is 14.2 Å². The van der Waals surface area contributed by atoms with Gasteiger partial charge < -0.3 is 15.2 Å². The molecule has 0 saturated carbocycles. The third-order valence-corrected chi connectivity index (χ3v) is 1.50. The van der Waals surface area contributed by atoms with Crippen molar-refractivity contribution in [2.75, 3.05) is 31.7 Å². The lowest BCUT2D eigenvalue weighted by Gasteiger charge is -2.05. The van der Waals surface area contributed by atoms with Gasteiger partial charge >= 0.3 is 0 Å². The van der Waals surface area contributed by atoms with E-state index >= 15 is 0 Å². The summed E-state index contributed by atoms with van der Waals surface area (Å²) >= 11 is 0. The second-order valence-electron chi connectivity index (χ2n) is 2.61. The van der Waals surface area contributed by atoms with E-state index in [9.17, 15) is 4.39 Å². The predicted molar refractivity (Wildman–Crippen MR) is 50.6 cm³/mol. The number of aliphatic hydroxyl groups is 1. The third-order valence-electron chi connectivity index (χ3n) is 1.50. The zero-order chi connectivity index (χ0) is 10.2. The van der Waals surface area contributed by atoms with Crippen LogP contribution in [0.25, 0.3) is 0 Å². The van der Waals surface area contributed by atoms with Crippen LogP contribution in [0.2, 0.25) is 0 Å². The molecule has 0 amide bonds. The van der Waals surface area contributed by atoms with Gasteiger partial charge in [-0.3, -0.25) is 0 Å². The summed E-state index contributed by atoms with van der Waals surface area (Å²) in [6.07, 6.45) is 0. The molecule has 0 saturated heterocycles. The van der Waals surface area contributed by atoms with Crippen molar-refractivity contribution >= 4 is 5.82 Å². The molecule has 0 atom stereocenters. The van der Waals surface area contributed by atoms with Crippen LogP contribution in [0.1, 0.15) is 0 Å². The maximum atomic E-state index is 12.6. The normalized spacial score (nSPS) is 10.1. The van der Waals surface area contributed by atoms with Crippen LogP contribution in [0, 0.1) is 5.95 Å². The van der Waals surface area contributed by atoms with Crippen LogP contribution in [-0.4, -0.2) is 36.5 Å². The number of nitrogens with zero attached hydrogens (tertiary/aromatic N) is 1. The van der Waals surface area contributed by atoms with E-state index in [-0.39, 0.29) is 6.61 Å². The lowest BCUT2D eigenvalue weighted by atomic mass is 10.4. The summed E-state index contributed by atoms with van der Waals surface area (Å²) in [6, 6.07) is 4.54. The highest BCUT2D eigenvalue weighted by Crippen LogP contribution is 2.02. The van der Waals surface area contributed by atoms with Crippen molar-refractivity contribution in [3.8, 4) is 0 Å². The first-order chi connectivity index (χ1) is 6.83. The zero-order valence-corrected chi connectivity index (χ0v) is 7.74. The Kier molecular flexibility index (Phi) is 4.88. The lowest BCUT2D eigenvalue weighted by Crippen LogP contribution is -2.12. The van der Waals surface area contributed by atoms with Crippen molar-refractivity contribution in [1.29, 1.82) is 0 Å². The van der Waals surface area contributed by atoms with Gasteiger partial charge in [0.2, 0.25) is 5.95 Å². The molecule has 0 bridgehead atoms. The Morgan fingerprint density at radius 1 is 1.43 bits per heavy atom. The Labute approximate surface area is 81.7 Å². The molecule has 2 N–H and O–H groups in total. The van der Waals surface area contributed by atoms with Crippen LogP contribution < -0.4 is 5.32 Å². The number of ether oxygens (including phenoxy) is 1. The molecule has 1 aromatic rings. The Morgan fingerprint density at radius 2 is 2.29 bits per heavy atom. The van der Waals surface area contributed by atoms with E-state index in [1.807, 2.05) is 0 Å². The van der Waals surface area contributed by atoms with Gasteiger partial charge in [-0.15, -0.1) is 0 Å². The highest BCUT2D eigenvalue weighted by atomic mass is 19.1. The van der Waals surface area contributed by atoms with E-state index in [0.717, 1.165) is 0 Å². The Bertz CT molecular complexity index is 271. The van der Waals surface area contributed by atoms with Gasteiger partial charge in [-0.05, 0) is 12.1 Å². The van der Waals surface area contributed by atoms with Gasteiger partial charge in [0.05, 0.1) is 19.8 Å². The van der Waals surface area contributed by atoms with Crippen molar-refractivity contribution in [3.05, 3.63) is 24.1 Å². The minimum Gasteiger partial charge on any atom is -0.394 e. The Morgan fingerprint density at radius 3 is 3.00 bits per heavy atom. The summed E-state index contributed by atoms with van der Waals surface area (Å²) in [4.78, 5) is 3.61. The number of anilines is 1. The SMILES string of the molecule is OCCOCCNc1cccc(F)n1. The fraction of sp³-hybridized carbons (Fsp3) is 0.444. The molecular weight excluding hydrogens is 187 g/mol. The summed E-state index contributed by atoms with van der Waals surface area (Å²) in [7, 11) is 0. The largest absolute Gasteiger partial charge is 0.394 e. The molecule has 78 valence electrons. The van der Waals surface area contributed by atoms with Crippen LogP contribution in [0.15, 0.2) is 18.2 Å². The van der Waals surface area contributed by atoms with Crippen molar-refractivity contribution in [3.63, 3.8) is 0 Å². The van der Waals surface area contributed by atoms with Crippen molar-refractivity contribution in [2.24, 2.45) is 0 Å². The molecule has 4 nitrogen and oxygen atoms in total. The average molecular weight is 200 g/mol. The molecule has 0 spiro atoms. The van der Waals surface area contributed by atoms with E-state index in [1.54, 1.807) is 12.1 Å². The quantitative estimate of drug-likeness (QED) is 0.522. The molecule has 0 aliphatic heterocycles. The molecule has 14 heavy (non-hydrogen) atoms. The van der Waals surface area contributed by atoms with Crippen LogP contribution >= 0.6 is 0 Å². The minimum absolute atomic E-state index is 0.0121. The first kappa shape index (κ1) is 10.9. The monoisotopic (exact) mass is 200 g/mol. The number of halogens is 1. The third kappa shape index (κ3) is 4.15. The summed E-state index contributed by atoms with van der Waals surface area (Å²) in [5, 5.41) is 11.3. The fourth-order valence-corrected chi connectivity index (χ4v) is 0.925. The van der Waals surface area contributed by atoms with Crippen LogP contribution in [0.3, 0.4) is 0 Å². The summed E-state index contributed by atoms with van der Waals surface area (Å²) in [5.74, 6) is -0.0242. The molecule has 1 aromatic heterocycles. The van der Waals surface area contributed by atoms with E-state index in [4.69, 9.17) is 9.84 Å². The predicted octanol–water partition coefficient (Wildman–Crippen LogP) is 0.641. The lowest BCUT2D eigenvalue weighted by molar-refractivity contribution is 0.0992. The topological polar surface area (TPSA) is 54.4 Å². The van der Waals surface area contributed by atoms with E-state index in [2.05, 4.69) is 10.3 Å². The first-order valence-corrected chi connectivity index (χ1v) is 4.38. The van der Waals surface area contributed by atoms with Gasteiger partial charge in [-0.25, -0.2) is 4.98 Å². The molecule has 0 aliphatic rings. The van der Waals surface area contributed by atoms with Gasteiger partial charge in [-0.2, -0.15) is 4.39 Å². The first-order valence-electron chi connectivity index (χ1n) is 4.38. The van der Waals surface area contributed by atoms with E-state index in [0.29, 0.717) is 25.6 Å². The number of hydrogen-bond acceptors (Lipinski definition) is 4. The van der Waals surface area contributed by atoms with Crippen LogP contribution in [-0.2, 0) is 4.74 Å². The molecule has 1 heterocycles. The van der Waals surface area contributed by atoms with E-state index in [1.165, 1.54) is 6.07 Å². The Balaban J connectivity index is 2.18. The average Bonchev–Trinajstić information content (AvgIpc) is 2.18. The van der Waals surface area contributed by atoms with Crippen molar-refractivity contribution in [1.82, 2.24) is 4.98 Å². The fourth-order valence-electron chi connectivity index (χ4n) is 0.925. The van der Waals surface area contributed by atoms with Gasteiger partial charge in [0.15, 0.2) is 0 Å². The van der Waals surface area contributed by atoms with E-state index < -0.39 is 5.95 Å². The standard InChI is InChI=1S/C9H13FN2O2/c10-8-2-1-3-9(12-8)11-4-6-14-7-5-13/h1-3,13H,4-7H2,(H,11,12). The molecule has 0 radical (unpaired) electrons. The molecule has 0 unspecified atom stereocenters. The van der Waals surface area contributed by atoms with Crippen LogP contribution in [0.5, 0.6) is 0 Å². The highest BCUT2D eigenvalue weighted by Gasteiger charge is 1.94. The maximum absolute atomic E-state index is 12.6. The number of nitrogens with one attached hydrogen (secondary N) is 1. The van der Waals surface area contributed by atoms with Gasteiger partial charge in [0.1, 0.15) is 5.82 Å². The molecule has 0 aromatic carbocycles. The number of aliphatic hydroxyl groups excluding tert-OH is 1. The molecule has 5 heteroatoms. The van der Waals surface area contributed by atoms with Gasteiger partial charge in [-0.1, -0.05) is 6.07 Å². The summed E-state index contributed by atoms with van der Waals surface area (Å²) in [5.41, 5.74) is 0. The van der Waals surface area contributed by atoms with Crippen LogP contribution in [0.4, 0.5) is 10.2 Å². The number of rotatable bonds is 6. The minimum atomic E-state index is -0.508. The number of pyridine rings is 1. The number of aromatic nitrogens is 1. The van der Waals surface area contributed by atoms with Gasteiger partial charge in [0.25, 0.3) is 0 Å². The summed E-state index contributed by atoms with van der Waals surface area (Å²) in [6.45, 7) is 1.33. The molecule has 0 aliphatic carbocycles. The Hall–Kier alpha value is -1.20. The van der Waals surface area contributed by atoms with Crippen molar-refractivity contribution in [2.45, 2.75) is 0 Å². The molecule has 0 fully saturated rings. The zero-order valence-electron chi connectivity index (χ0n) is 7.74. The smallest absolute Gasteiger partial charge is 0.214 e. The molecular formula is C9H13FN2O2. The maximum Gasteiger partial charge on any atom is 0.214 e. The second-order valence-corrected chi connectivity index (χ2v) is 2.61. The molecule has 1 rings (SSSR count). The van der Waals surface area contributed by atoms with Gasteiger partial charge in [0, 0.05) is 6.54 Å².